The highest BCUT2D eigenvalue weighted by molar-refractivity contribution is 9.10. The average molecular weight is 322 g/mol. The van der Waals surface area contributed by atoms with E-state index in [0.29, 0.717) is 5.82 Å². The topological polar surface area (TPSA) is 53.1 Å². The number of nitrogens with zero attached hydrogens (tertiary/aromatic N) is 2. The fourth-order valence-electron chi connectivity index (χ4n) is 1.92. The summed E-state index contributed by atoms with van der Waals surface area (Å²) in [6.45, 7) is 0.806. The second-order valence-corrected chi connectivity index (χ2v) is 5.92. The Bertz CT molecular complexity index is 585. The first-order chi connectivity index (χ1) is 9.11. The average Bonchev–Trinajstić information content (AvgIpc) is 3.13. The summed E-state index contributed by atoms with van der Waals surface area (Å²) < 4.78 is 8.47. The molecule has 0 bridgehead atoms. The zero-order valence-electron chi connectivity index (χ0n) is 10.8. The maximum absolute atomic E-state index is 5.82. The van der Waals surface area contributed by atoms with Gasteiger partial charge in [0.15, 0.2) is 0 Å². The van der Waals surface area contributed by atoms with Crippen molar-refractivity contribution in [3.05, 3.63) is 28.7 Å². The molecule has 0 radical (unpaired) electrons. The number of halogens is 1. The Morgan fingerprint density at radius 3 is 2.79 bits per heavy atom. The van der Waals surface area contributed by atoms with Crippen molar-refractivity contribution in [1.29, 1.82) is 0 Å². The molecule has 1 aromatic heterocycles. The molecule has 5 heteroatoms. The van der Waals surface area contributed by atoms with Crippen LogP contribution in [0.25, 0.3) is 11.3 Å². The van der Waals surface area contributed by atoms with Crippen molar-refractivity contribution < 1.29 is 4.74 Å². The molecule has 2 N–H and O–H groups in total. The lowest BCUT2D eigenvalue weighted by Crippen LogP contribution is -1.99. The van der Waals surface area contributed by atoms with Crippen LogP contribution in [0.1, 0.15) is 12.8 Å². The van der Waals surface area contributed by atoms with Crippen LogP contribution in [0.2, 0.25) is 0 Å². The number of nitrogen functional groups attached to an aromatic ring is 1. The fraction of sp³-hybridized carbons (Fsp3) is 0.357. The van der Waals surface area contributed by atoms with Gasteiger partial charge >= 0.3 is 0 Å². The Labute approximate surface area is 120 Å². The molecule has 1 saturated carbocycles. The lowest BCUT2D eigenvalue weighted by molar-refractivity contribution is 0.299. The largest absolute Gasteiger partial charge is 0.493 e. The fourth-order valence-corrected chi connectivity index (χ4v) is 2.39. The Morgan fingerprint density at radius 1 is 1.37 bits per heavy atom. The number of ether oxygens (including phenoxy) is 1. The van der Waals surface area contributed by atoms with Crippen LogP contribution >= 0.6 is 15.9 Å². The van der Waals surface area contributed by atoms with E-state index in [9.17, 15) is 0 Å². The molecule has 1 aliphatic rings. The number of rotatable bonds is 4. The van der Waals surface area contributed by atoms with Gasteiger partial charge in [-0.3, -0.25) is 4.68 Å². The molecule has 1 fully saturated rings. The van der Waals surface area contributed by atoms with Gasteiger partial charge in [-0.05, 0) is 37.0 Å². The van der Waals surface area contributed by atoms with E-state index in [4.69, 9.17) is 10.5 Å². The highest BCUT2D eigenvalue weighted by atomic mass is 79.9. The van der Waals surface area contributed by atoms with Gasteiger partial charge in [0.25, 0.3) is 0 Å². The second-order valence-electron chi connectivity index (χ2n) is 5.01. The third kappa shape index (κ3) is 2.92. The minimum absolute atomic E-state index is 0.649. The molecule has 19 heavy (non-hydrogen) atoms. The van der Waals surface area contributed by atoms with Gasteiger partial charge in [0, 0.05) is 23.2 Å². The molecular formula is C14H16BrN3O. The number of benzene rings is 1. The summed E-state index contributed by atoms with van der Waals surface area (Å²) >= 11 is 3.51. The summed E-state index contributed by atoms with van der Waals surface area (Å²) in [7, 11) is 1.83. The van der Waals surface area contributed by atoms with Gasteiger partial charge in [-0.2, -0.15) is 5.10 Å². The van der Waals surface area contributed by atoms with Crippen molar-refractivity contribution in [2.75, 3.05) is 12.3 Å². The molecule has 100 valence electrons. The van der Waals surface area contributed by atoms with Crippen LogP contribution in [0.5, 0.6) is 5.75 Å². The van der Waals surface area contributed by atoms with Crippen LogP contribution in [-0.2, 0) is 7.05 Å². The molecular weight excluding hydrogens is 306 g/mol. The van der Waals surface area contributed by atoms with Gasteiger partial charge in [-0.15, -0.1) is 0 Å². The minimum atomic E-state index is 0.649. The van der Waals surface area contributed by atoms with Crippen molar-refractivity contribution in [3.8, 4) is 17.0 Å². The normalized spacial score (nSPS) is 14.6. The van der Waals surface area contributed by atoms with Crippen molar-refractivity contribution in [1.82, 2.24) is 9.78 Å². The van der Waals surface area contributed by atoms with Crippen LogP contribution < -0.4 is 10.5 Å². The molecule has 1 aromatic carbocycles. The van der Waals surface area contributed by atoms with E-state index >= 15 is 0 Å². The summed E-state index contributed by atoms with van der Waals surface area (Å²) in [5, 5.41) is 4.39. The number of anilines is 1. The van der Waals surface area contributed by atoms with Gasteiger partial charge in [-0.25, -0.2) is 0 Å². The monoisotopic (exact) mass is 321 g/mol. The number of aromatic nitrogens is 2. The molecule has 0 spiro atoms. The highest BCUT2D eigenvalue weighted by Gasteiger charge is 2.22. The van der Waals surface area contributed by atoms with Gasteiger partial charge in [0.2, 0.25) is 0 Å². The number of hydrogen-bond acceptors (Lipinski definition) is 3. The Hall–Kier alpha value is -1.49. The van der Waals surface area contributed by atoms with E-state index in [1.807, 2.05) is 31.3 Å². The standard InChI is InChI=1S/C14H16BrN3O/c1-18-14(16)7-13(17-18)10-4-11(15)6-12(5-10)19-8-9-2-3-9/h4-7,9H,2-3,8,16H2,1H3. The SMILES string of the molecule is Cn1nc(-c2cc(Br)cc(OCC3CC3)c2)cc1N. The quantitative estimate of drug-likeness (QED) is 0.940. The van der Waals surface area contributed by atoms with Crippen molar-refractivity contribution in [2.24, 2.45) is 13.0 Å². The number of aryl methyl sites for hydroxylation is 1. The molecule has 0 aliphatic heterocycles. The maximum Gasteiger partial charge on any atom is 0.121 e. The molecule has 0 amide bonds. The van der Waals surface area contributed by atoms with Crippen LogP contribution in [0.4, 0.5) is 5.82 Å². The van der Waals surface area contributed by atoms with E-state index < -0.39 is 0 Å². The molecule has 0 saturated heterocycles. The first-order valence-corrected chi connectivity index (χ1v) is 7.14. The first kappa shape index (κ1) is 12.5. The van der Waals surface area contributed by atoms with Gasteiger partial charge in [0.1, 0.15) is 11.6 Å². The third-order valence-electron chi connectivity index (χ3n) is 3.27. The van der Waals surface area contributed by atoms with Gasteiger partial charge < -0.3 is 10.5 Å². The lowest BCUT2D eigenvalue weighted by atomic mass is 10.1. The third-order valence-corrected chi connectivity index (χ3v) is 3.72. The summed E-state index contributed by atoms with van der Waals surface area (Å²) in [6.07, 6.45) is 2.58. The maximum atomic E-state index is 5.82. The molecule has 3 rings (SSSR count). The Balaban J connectivity index is 1.87. The smallest absolute Gasteiger partial charge is 0.121 e. The molecule has 2 aromatic rings. The zero-order chi connectivity index (χ0) is 13.4. The Morgan fingerprint density at radius 2 is 2.16 bits per heavy atom. The van der Waals surface area contributed by atoms with Crippen LogP contribution in [0.15, 0.2) is 28.7 Å². The summed E-state index contributed by atoms with van der Waals surface area (Å²) in [5.74, 6) is 2.27. The predicted octanol–water partition coefficient (Wildman–Crippen LogP) is 3.22. The van der Waals surface area contributed by atoms with Crippen LogP contribution in [-0.4, -0.2) is 16.4 Å². The van der Waals surface area contributed by atoms with E-state index in [1.54, 1.807) is 4.68 Å². The second kappa shape index (κ2) is 4.89. The molecule has 1 heterocycles. The molecule has 1 aliphatic carbocycles. The predicted molar refractivity (Wildman–Crippen MR) is 79.0 cm³/mol. The van der Waals surface area contributed by atoms with Crippen LogP contribution in [0.3, 0.4) is 0 Å². The van der Waals surface area contributed by atoms with E-state index in [2.05, 4.69) is 21.0 Å². The zero-order valence-corrected chi connectivity index (χ0v) is 12.4. The summed E-state index contributed by atoms with van der Waals surface area (Å²) in [5.41, 5.74) is 7.68. The molecule has 0 atom stereocenters. The van der Waals surface area contributed by atoms with Gasteiger partial charge in [-0.1, -0.05) is 15.9 Å². The highest BCUT2D eigenvalue weighted by Crippen LogP contribution is 2.32. The Kier molecular flexibility index (Phi) is 3.22. The molecule has 0 unspecified atom stereocenters. The van der Waals surface area contributed by atoms with Crippen LogP contribution in [0, 0.1) is 5.92 Å². The lowest BCUT2D eigenvalue weighted by Gasteiger charge is -2.07. The van der Waals surface area contributed by atoms with Crippen molar-refractivity contribution >= 4 is 21.7 Å². The van der Waals surface area contributed by atoms with E-state index in [-0.39, 0.29) is 0 Å². The minimum Gasteiger partial charge on any atom is -0.493 e. The van der Waals surface area contributed by atoms with E-state index in [0.717, 1.165) is 34.0 Å². The van der Waals surface area contributed by atoms with Crippen molar-refractivity contribution in [3.63, 3.8) is 0 Å². The van der Waals surface area contributed by atoms with E-state index in [1.165, 1.54) is 12.8 Å². The first-order valence-electron chi connectivity index (χ1n) is 6.35. The molecule has 4 nitrogen and oxygen atoms in total. The summed E-state index contributed by atoms with van der Waals surface area (Å²) in [4.78, 5) is 0. The number of nitrogens with two attached hydrogens (primary N) is 1. The van der Waals surface area contributed by atoms with Gasteiger partial charge in [0.05, 0.1) is 12.3 Å². The summed E-state index contributed by atoms with van der Waals surface area (Å²) in [6, 6.07) is 7.88. The number of hydrogen-bond donors (Lipinski definition) is 1. The van der Waals surface area contributed by atoms with Crippen molar-refractivity contribution in [2.45, 2.75) is 12.8 Å².